The molecule has 10 heteroatoms. The highest BCUT2D eigenvalue weighted by Gasteiger charge is 2.40. The smallest absolute Gasteiger partial charge is 0.458 e. The third kappa shape index (κ3) is 4.72. The lowest BCUT2D eigenvalue weighted by molar-refractivity contribution is -0.152. The lowest BCUT2D eigenvalue weighted by Crippen LogP contribution is -2.38. The maximum atomic E-state index is 12.2. The van der Waals surface area contributed by atoms with Crippen LogP contribution in [0.4, 0.5) is 4.79 Å². The summed E-state index contributed by atoms with van der Waals surface area (Å²) in [6, 6.07) is 0. The summed E-state index contributed by atoms with van der Waals surface area (Å²) in [6.07, 6.45) is -0.345. The number of carbonyl (C=O) groups excluding carboxylic acids is 2. The molecule has 1 aliphatic rings. The van der Waals surface area contributed by atoms with Gasteiger partial charge in [-0.05, 0) is 6.42 Å². The number of methoxy groups -OCH3 is 1. The Hall–Kier alpha value is -2.62. The number of ether oxygens (including phenoxy) is 4. The number of hydrogen-bond acceptors (Lipinski definition) is 8. The average Bonchev–Trinajstić information content (AvgIpc) is 2.97. The molecule has 0 aliphatic carbocycles. The van der Waals surface area contributed by atoms with E-state index in [1.54, 1.807) is 0 Å². The number of aryl methyl sites for hydroxylation is 1. The highest BCUT2D eigenvalue weighted by molar-refractivity contribution is 5.66. The summed E-state index contributed by atoms with van der Waals surface area (Å²) in [5.41, 5.74) is -0.709. The van der Waals surface area contributed by atoms with E-state index in [0.29, 0.717) is 12.0 Å². The van der Waals surface area contributed by atoms with Crippen LogP contribution in [0, 0.1) is 0 Å². The zero-order valence-electron chi connectivity index (χ0n) is 14.9. The molecule has 3 atom stereocenters. The molecule has 2 rings (SSSR count). The molecule has 26 heavy (non-hydrogen) atoms. The summed E-state index contributed by atoms with van der Waals surface area (Å²) in [5, 5.41) is 0. The minimum Gasteiger partial charge on any atom is -0.458 e. The minimum atomic E-state index is -0.940. The molecule has 1 N–H and O–H groups in total. The predicted octanol–water partition coefficient (Wildman–Crippen LogP) is 0.491. The number of esters is 1. The van der Waals surface area contributed by atoms with Crippen molar-refractivity contribution in [3.63, 3.8) is 0 Å². The van der Waals surface area contributed by atoms with Crippen molar-refractivity contribution in [2.45, 2.75) is 51.5 Å². The number of rotatable bonds is 6. The maximum Gasteiger partial charge on any atom is 0.508 e. The van der Waals surface area contributed by atoms with E-state index in [2.05, 4.69) is 9.72 Å². The van der Waals surface area contributed by atoms with Crippen LogP contribution in [-0.4, -0.2) is 47.6 Å². The van der Waals surface area contributed by atoms with Gasteiger partial charge in [-0.15, -0.1) is 0 Å². The van der Waals surface area contributed by atoms with Gasteiger partial charge in [0, 0.05) is 25.1 Å². The molecule has 2 heterocycles. The van der Waals surface area contributed by atoms with Gasteiger partial charge in [-0.3, -0.25) is 19.1 Å². The highest BCUT2D eigenvalue weighted by atomic mass is 16.7. The van der Waals surface area contributed by atoms with E-state index in [-0.39, 0.29) is 13.0 Å². The third-order valence-corrected chi connectivity index (χ3v) is 3.85. The van der Waals surface area contributed by atoms with Crippen LogP contribution in [0.25, 0.3) is 0 Å². The van der Waals surface area contributed by atoms with Crippen LogP contribution >= 0.6 is 0 Å². The average molecular weight is 370 g/mol. The normalized spacial score (nSPS) is 22.0. The lowest BCUT2D eigenvalue weighted by atomic mass is 10.2. The van der Waals surface area contributed by atoms with Crippen LogP contribution in [0.15, 0.2) is 15.8 Å². The van der Waals surface area contributed by atoms with Gasteiger partial charge in [-0.2, -0.15) is 0 Å². The molecule has 0 spiro atoms. The molecule has 1 fully saturated rings. The molecule has 1 saturated heterocycles. The Balaban J connectivity index is 2.27. The van der Waals surface area contributed by atoms with Crippen molar-refractivity contribution in [2.24, 2.45) is 0 Å². The second-order valence-electron chi connectivity index (χ2n) is 5.87. The van der Waals surface area contributed by atoms with Gasteiger partial charge in [-0.25, -0.2) is 9.59 Å². The van der Waals surface area contributed by atoms with Gasteiger partial charge in [0.1, 0.15) is 12.7 Å². The third-order valence-electron chi connectivity index (χ3n) is 3.85. The zero-order valence-corrected chi connectivity index (χ0v) is 14.9. The van der Waals surface area contributed by atoms with Gasteiger partial charge in [0.25, 0.3) is 5.56 Å². The molecular formula is C16H22N2O8. The SMILES string of the molecule is CCCc1cn([C@@H]2O[C@H](COC(=O)OC)C[C@H]2OC(C)=O)c(=O)[nH]c1=O. The summed E-state index contributed by atoms with van der Waals surface area (Å²) < 4.78 is 21.4. The topological polar surface area (TPSA) is 126 Å². The van der Waals surface area contributed by atoms with Crippen molar-refractivity contribution < 1.29 is 28.5 Å². The van der Waals surface area contributed by atoms with Crippen molar-refractivity contribution in [3.05, 3.63) is 32.6 Å². The molecule has 0 saturated carbocycles. The van der Waals surface area contributed by atoms with Crippen molar-refractivity contribution in [1.29, 1.82) is 0 Å². The standard InChI is InChI=1S/C16H22N2O8/c1-4-5-10-7-18(15(21)17-13(10)20)14-12(25-9(2)19)6-11(26-14)8-24-16(22)23-3/h7,11-12,14H,4-6,8H2,1-3H3,(H,17,20,21)/t11-,12+,14+/m0/s1. The van der Waals surface area contributed by atoms with Crippen molar-refractivity contribution in [2.75, 3.05) is 13.7 Å². The van der Waals surface area contributed by atoms with Crippen LogP contribution in [0.5, 0.6) is 0 Å². The lowest BCUT2D eigenvalue weighted by Gasteiger charge is -2.20. The molecular weight excluding hydrogens is 348 g/mol. The zero-order chi connectivity index (χ0) is 19.3. The number of nitrogens with one attached hydrogen (secondary N) is 1. The van der Waals surface area contributed by atoms with E-state index < -0.39 is 41.8 Å². The molecule has 0 unspecified atom stereocenters. The van der Waals surface area contributed by atoms with E-state index in [9.17, 15) is 19.2 Å². The van der Waals surface area contributed by atoms with Gasteiger partial charge in [0.2, 0.25) is 0 Å². The van der Waals surface area contributed by atoms with Crippen LogP contribution in [0.2, 0.25) is 0 Å². The Morgan fingerprint density at radius 2 is 2.12 bits per heavy atom. The van der Waals surface area contributed by atoms with Gasteiger partial charge in [-0.1, -0.05) is 13.3 Å². The largest absolute Gasteiger partial charge is 0.508 e. The van der Waals surface area contributed by atoms with E-state index in [0.717, 1.165) is 6.42 Å². The fourth-order valence-electron chi connectivity index (χ4n) is 2.77. The molecule has 1 aromatic rings. The quantitative estimate of drug-likeness (QED) is 0.717. The number of H-pyrrole nitrogens is 1. The Kier molecular flexibility index (Phi) is 6.56. The number of aromatic nitrogens is 2. The second kappa shape index (κ2) is 8.65. The van der Waals surface area contributed by atoms with Gasteiger partial charge in [0.05, 0.1) is 13.2 Å². The van der Waals surface area contributed by atoms with E-state index in [1.807, 2.05) is 6.92 Å². The maximum absolute atomic E-state index is 12.2. The van der Waals surface area contributed by atoms with E-state index >= 15 is 0 Å². The molecule has 144 valence electrons. The monoisotopic (exact) mass is 370 g/mol. The molecule has 0 bridgehead atoms. The molecule has 0 radical (unpaired) electrons. The Bertz CT molecular complexity index is 768. The van der Waals surface area contributed by atoms with E-state index in [1.165, 1.54) is 24.8 Å². The van der Waals surface area contributed by atoms with Crippen LogP contribution in [0.3, 0.4) is 0 Å². The fraction of sp³-hybridized carbons (Fsp3) is 0.625. The summed E-state index contributed by atoms with van der Waals surface area (Å²) in [5.74, 6) is -0.538. The minimum absolute atomic E-state index is 0.124. The Morgan fingerprint density at radius 1 is 1.38 bits per heavy atom. The first kappa shape index (κ1) is 19.7. The summed E-state index contributed by atoms with van der Waals surface area (Å²) >= 11 is 0. The summed E-state index contributed by atoms with van der Waals surface area (Å²) in [7, 11) is 1.18. The fourth-order valence-corrected chi connectivity index (χ4v) is 2.77. The van der Waals surface area contributed by atoms with Gasteiger partial charge < -0.3 is 18.9 Å². The molecule has 0 amide bonds. The van der Waals surface area contributed by atoms with Crippen molar-refractivity contribution in [1.82, 2.24) is 9.55 Å². The highest BCUT2D eigenvalue weighted by Crippen LogP contribution is 2.30. The first-order valence-corrected chi connectivity index (χ1v) is 8.23. The Morgan fingerprint density at radius 3 is 2.73 bits per heavy atom. The predicted molar refractivity (Wildman–Crippen MR) is 87.8 cm³/mol. The van der Waals surface area contributed by atoms with Gasteiger partial charge >= 0.3 is 17.8 Å². The number of carbonyl (C=O) groups is 2. The number of aromatic amines is 1. The summed E-state index contributed by atoms with van der Waals surface area (Å²) in [6.45, 7) is 3.02. The molecule has 1 aliphatic heterocycles. The second-order valence-corrected chi connectivity index (χ2v) is 5.87. The molecule has 10 nitrogen and oxygen atoms in total. The Labute approximate surface area is 149 Å². The van der Waals surface area contributed by atoms with Crippen molar-refractivity contribution >= 4 is 12.1 Å². The van der Waals surface area contributed by atoms with E-state index in [4.69, 9.17) is 14.2 Å². The number of nitrogens with zero attached hydrogens (tertiary/aromatic N) is 1. The molecule has 1 aromatic heterocycles. The summed E-state index contributed by atoms with van der Waals surface area (Å²) in [4.78, 5) is 48.8. The van der Waals surface area contributed by atoms with Crippen molar-refractivity contribution in [3.8, 4) is 0 Å². The van der Waals surface area contributed by atoms with Crippen LogP contribution in [0.1, 0.15) is 38.5 Å². The first-order valence-electron chi connectivity index (χ1n) is 8.23. The molecule has 0 aromatic carbocycles. The first-order chi connectivity index (χ1) is 12.3. The van der Waals surface area contributed by atoms with Crippen LogP contribution < -0.4 is 11.2 Å². The number of hydrogen-bond donors (Lipinski definition) is 1. The van der Waals surface area contributed by atoms with Gasteiger partial charge in [0.15, 0.2) is 6.23 Å². The van der Waals surface area contributed by atoms with Crippen LogP contribution in [-0.2, 0) is 30.2 Å².